The first-order valence-corrected chi connectivity index (χ1v) is 10.1. The van der Waals surface area contributed by atoms with Gasteiger partial charge in [-0.15, -0.1) is 5.10 Å². The molecule has 1 aromatic heterocycles. The Labute approximate surface area is 164 Å². The average Bonchev–Trinajstić information content (AvgIpc) is 2.98. The standard InChI is InChI=1S/C18H15N5O5S/c24-16(28-11-23-18(25)12-5-1-3-7-14(12)20-22-23)9-10-19-17-13-6-2-4-8-15(13)29(26,27)21-17/h1-8H,9-11H2,(H,19,21). The molecule has 2 aromatic carbocycles. The topological polar surface area (TPSA) is 133 Å². The summed E-state index contributed by atoms with van der Waals surface area (Å²) >= 11 is 0. The van der Waals surface area contributed by atoms with Crippen molar-refractivity contribution in [3.05, 3.63) is 64.4 Å². The molecule has 0 fully saturated rings. The summed E-state index contributed by atoms with van der Waals surface area (Å²) in [5.74, 6) is -0.421. The van der Waals surface area contributed by atoms with Crippen molar-refractivity contribution in [1.82, 2.24) is 19.7 Å². The van der Waals surface area contributed by atoms with Gasteiger partial charge in [0.2, 0.25) is 0 Å². The highest BCUT2D eigenvalue weighted by molar-refractivity contribution is 7.90. The van der Waals surface area contributed by atoms with E-state index in [0.717, 1.165) is 4.68 Å². The summed E-state index contributed by atoms with van der Waals surface area (Å²) in [5, 5.41) is 8.01. The number of aliphatic imine (C=N–C) groups is 1. The molecule has 0 saturated carbocycles. The maximum atomic E-state index is 12.3. The second-order valence-electron chi connectivity index (χ2n) is 6.14. The van der Waals surface area contributed by atoms with Crippen molar-refractivity contribution in [2.45, 2.75) is 18.0 Å². The summed E-state index contributed by atoms with van der Waals surface area (Å²) in [7, 11) is -3.62. The predicted octanol–water partition coefficient (Wildman–Crippen LogP) is 0.421. The summed E-state index contributed by atoms with van der Waals surface area (Å²) in [5.41, 5.74) is 0.495. The molecule has 0 saturated heterocycles. The van der Waals surface area contributed by atoms with E-state index < -0.39 is 21.6 Å². The molecule has 0 radical (unpaired) electrons. The zero-order valence-corrected chi connectivity index (χ0v) is 15.8. The molecule has 29 heavy (non-hydrogen) atoms. The van der Waals surface area contributed by atoms with Gasteiger partial charge in [-0.25, -0.2) is 8.42 Å². The maximum Gasteiger partial charge on any atom is 0.309 e. The molecule has 2 heterocycles. The number of ether oxygens (including phenoxy) is 1. The second-order valence-corrected chi connectivity index (χ2v) is 7.79. The smallest absolute Gasteiger partial charge is 0.309 e. The predicted molar refractivity (Wildman–Crippen MR) is 103 cm³/mol. The lowest BCUT2D eigenvalue weighted by Gasteiger charge is -2.06. The van der Waals surface area contributed by atoms with Gasteiger partial charge in [0.05, 0.1) is 23.2 Å². The molecular weight excluding hydrogens is 398 g/mol. The zero-order valence-electron chi connectivity index (χ0n) is 15.0. The molecule has 0 atom stereocenters. The van der Waals surface area contributed by atoms with Crippen LogP contribution in [0.1, 0.15) is 12.0 Å². The van der Waals surface area contributed by atoms with E-state index in [1.807, 2.05) is 0 Å². The molecule has 0 bridgehead atoms. The van der Waals surface area contributed by atoms with Crippen LogP contribution in [0.15, 0.2) is 63.2 Å². The molecule has 148 valence electrons. The van der Waals surface area contributed by atoms with Crippen LogP contribution in [-0.2, 0) is 26.3 Å². The number of carbonyl (C=O) groups excluding carboxylic acids is 1. The van der Waals surface area contributed by atoms with E-state index in [1.54, 1.807) is 42.5 Å². The van der Waals surface area contributed by atoms with Crippen LogP contribution in [0.2, 0.25) is 0 Å². The Morgan fingerprint density at radius 3 is 2.76 bits per heavy atom. The van der Waals surface area contributed by atoms with Gasteiger partial charge in [0.25, 0.3) is 15.6 Å². The third-order valence-electron chi connectivity index (χ3n) is 4.23. The van der Waals surface area contributed by atoms with Gasteiger partial charge in [0, 0.05) is 5.56 Å². The number of benzene rings is 2. The van der Waals surface area contributed by atoms with E-state index in [-0.39, 0.29) is 30.4 Å². The van der Waals surface area contributed by atoms with Crippen LogP contribution in [0, 0.1) is 0 Å². The fourth-order valence-corrected chi connectivity index (χ4v) is 4.07. The number of aromatic nitrogens is 3. The van der Waals surface area contributed by atoms with Gasteiger partial charge >= 0.3 is 5.97 Å². The van der Waals surface area contributed by atoms with Crippen LogP contribution < -0.4 is 10.3 Å². The second kappa shape index (κ2) is 7.43. The average molecular weight is 413 g/mol. The first-order valence-electron chi connectivity index (χ1n) is 8.60. The summed E-state index contributed by atoms with van der Waals surface area (Å²) < 4.78 is 32.4. The van der Waals surface area contributed by atoms with Crippen molar-refractivity contribution in [3.63, 3.8) is 0 Å². The van der Waals surface area contributed by atoms with Gasteiger partial charge in [0.15, 0.2) is 6.73 Å². The van der Waals surface area contributed by atoms with E-state index in [1.165, 1.54) is 6.07 Å². The lowest BCUT2D eigenvalue weighted by Crippen LogP contribution is -2.26. The van der Waals surface area contributed by atoms with Gasteiger partial charge in [-0.1, -0.05) is 29.5 Å². The van der Waals surface area contributed by atoms with Crippen LogP contribution >= 0.6 is 0 Å². The number of carbonyl (C=O) groups is 1. The van der Waals surface area contributed by atoms with Gasteiger partial charge in [-0.2, -0.15) is 4.68 Å². The van der Waals surface area contributed by atoms with Gasteiger partial charge < -0.3 is 4.74 Å². The van der Waals surface area contributed by atoms with E-state index in [2.05, 4.69) is 20.0 Å². The summed E-state index contributed by atoms with van der Waals surface area (Å²) in [6, 6.07) is 13.2. The zero-order chi connectivity index (χ0) is 20.4. The highest BCUT2D eigenvalue weighted by Gasteiger charge is 2.29. The van der Waals surface area contributed by atoms with Crippen LogP contribution in [0.4, 0.5) is 0 Å². The van der Waals surface area contributed by atoms with Crippen LogP contribution in [0.5, 0.6) is 0 Å². The minimum Gasteiger partial charge on any atom is -0.442 e. The number of hydrogen-bond donors (Lipinski definition) is 1. The van der Waals surface area contributed by atoms with E-state index in [9.17, 15) is 18.0 Å². The van der Waals surface area contributed by atoms with E-state index >= 15 is 0 Å². The molecule has 4 rings (SSSR count). The monoisotopic (exact) mass is 413 g/mol. The third-order valence-corrected chi connectivity index (χ3v) is 5.62. The van der Waals surface area contributed by atoms with E-state index in [4.69, 9.17) is 4.74 Å². The molecule has 0 amide bonds. The Morgan fingerprint density at radius 2 is 1.90 bits per heavy atom. The molecule has 10 nitrogen and oxygen atoms in total. The van der Waals surface area contributed by atoms with Gasteiger partial charge in [0.1, 0.15) is 11.4 Å². The largest absolute Gasteiger partial charge is 0.442 e. The normalized spacial score (nSPS) is 15.8. The van der Waals surface area contributed by atoms with Crippen molar-refractivity contribution < 1.29 is 17.9 Å². The number of amidine groups is 1. The van der Waals surface area contributed by atoms with Gasteiger partial charge in [-0.3, -0.25) is 19.3 Å². The quantitative estimate of drug-likeness (QED) is 0.600. The van der Waals surface area contributed by atoms with Crippen LogP contribution in [-0.4, -0.2) is 41.8 Å². The molecule has 0 spiro atoms. The first kappa shape index (κ1) is 18.7. The summed E-state index contributed by atoms with van der Waals surface area (Å²) in [6.07, 6.45) is -0.0941. The van der Waals surface area contributed by atoms with Crippen LogP contribution in [0.3, 0.4) is 0 Å². The third kappa shape index (κ3) is 3.72. The maximum absolute atomic E-state index is 12.3. The Morgan fingerprint density at radius 1 is 1.14 bits per heavy atom. The summed E-state index contributed by atoms with van der Waals surface area (Å²) in [6.45, 7) is -0.356. The molecule has 3 aromatic rings. The fourth-order valence-electron chi connectivity index (χ4n) is 2.82. The molecule has 1 aliphatic rings. The fraction of sp³-hybridized carbons (Fsp3) is 0.167. The van der Waals surface area contributed by atoms with Crippen molar-refractivity contribution in [2.75, 3.05) is 6.54 Å². The van der Waals surface area contributed by atoms with Crippen molar-refractivity contribution in [3.8, 4) is 0 Å². The Balaban J connectivity index is 1.38. The Hall–Kier alpha value is -3.60. The number of sulfonamides is 1. The molecular formula is C18H15N5O5S. The summed E-state index contributed by atoms with van der Waals surface area (Å²) in [4.78, 5) is 28.5. The first-order chi connectivity index (χ1) is 14.0. The minimum absolute atomic E-state index is 0.0172. The highest BCUT2D eigenvalue weighted by Crippen LogP contribution is 2.22. The number of rotatable bonds is 5. The Kier molecular flexibility index (Phi) is 4.80. The van der Waals surface area contributed by atoms with Crippen molar-refractivity contribution in [1.29, 1.82) is 0 Å². The van der Waals surface area contributed by atoms with Gasteiger partial charge in [-0.05, 0) is 24.3 Å². The lowest BCUT2D eigenvalue weighted by molar-refractivity contribution is -0.147. The van der Waals surface area contributed by atoms with E-state index in [0.29, 0.717) is 16.5 Å². The molecule has 0 aliphatic carbocycles. The molecule has 1 N–H and O–H groups in total. The lowest BCUT2D eigenvalue weighted by atomic mass is 10.2. The molecule has 1 aliphatic heterocycles. The number of nitrogens with zero attached hydrogens (tertiary/aromatic N) is 4. The molecule has 0 unspecified atom stereocenters. The SMILES string of the molecule is O=C(CCN=C1NS(=O)(=O)c2ccccc21)OCn1nnc2ccccc2c1=O. The van der Waals surface area contributed by atoms with Crippen molar-refractivity contribution >= 4 is 32.7 Å². The van der Waals surface area contributed by atoms with Crippen molar-refractivity contribution in [2.24, 2.45) is 4.99 Å². The van der Waals surface area contributed by atoms with Crippen LogP contribution in [0.25, 0.3) is 10.9 Å². The molecule has 11 heteroatoms. The number of nitrogens with one attached hydrogen (secondary N) is 1. The minimum atomic E-state index is -3.62. The highest BCUT2D eigenvalue weighted by atomic mass is 32.2. The Bertz CT molecular complexity index is 1300. The number of hydrogen-bond acceptors (Lipinski definition) is 8. The number of fused-ring (bicyclic) bond motifs is 2. The number of esters is 1.